The highest BCUT2D eigenvalue weighted by Crippen LogP contribution is 2.10. The van der Waals surface area contributed by atoms with Gasteiger partial charge >= 0.3 is 0 Å². The molecule has 9 heteroatoms. The predicted molar refractivity (Wildman–Crippen MR) is 59.8 cm³/mol. The number of carbonyl (C=O) groups excluding carboxylic acids is 1. The fourth-order valence-corrected chi connectivity index (χ4v) is 1.30. The summed E-state index contributed by atoms with van der Waals surface area (Å²) in [5.41, 5.74) is 0. The molecule has 0 aliphatic rings. The number of aliphatic hydroxyl groups is 8. The Morgan fingerprint density at radius 1 is 0.842 bits per heavy atom. The SMILES string of the molecule is C[C@@H](O)[C@@H](O)[C@H](O)[C@@H](O)C(=O)[C@H](O)[C@H](O)[C@@H](O)CO. The fourth-order valence-electron chi connectivity index (χ4n) is 1.30. The van der Waals surface area contributed by atoms with Crippen LogP contribution in [0.3, 0.4) is 0 Å². The van der Waals surface area contributed by atoms with Gasteiger partial charge in [-0.15, -0.1) is 0 Å². The van der Waals surface area contributed by atoms with E-state index < -0.39 is 55.1 Å². The molecule has 0 aliphatic carbocycles. The lowest BCUT2D eigenvalue weighted by Crippen LogP contribution is -2.53. The molecule has 0 bridgehead atoms. The van der Waals surface area contributed by atoms with Gasteiger partial charge in [0.25, 0.3) is 0 Å². The largest absolute Gasteiger partial charge is 0.394 e. The van der Waals surface area contributed by atoms with Crippen LogP contribution in [0.5, 0.6) is 0 Å². The topological polar surface area (TPSA) is 179 Å². The van der Waals surface area contributed by atoms with Crippen LogP contribution in [-0.4, -0.2) is 96.0 Å². The van der Waals surface area contributed by atoms with Crippen molar-refractivity contribution in [2.45, 2.75) is 49.7 Å². The Hall–Kier alpha value is -0.650. The van der Waals surface area contributed by atoms with Crippen molar-refractivity contribution in [3.63, 3.8) is 0 Å². The monoisotopic (exact) mass is 284 g/mol. The highest BCUT2D eigenvalue weighted by Gasteiger charge is 2.39. The molecule has 0 radical (unpaired) electrons. The number of carbonyl (C=O) groups is 1. The molecule has 9 nitrogen and oxygen atoms in total. The number of rotatable bonds is 8. The van der Waals surface area contributed by atoms with E-state index in [1.54, 1.807) is 0 Å². The van der Waals surface area contributed by atoms with E-state index in [2.05, 4.69) is 0 Å². The lowest BCUT2D eigenvalue weighted by molar-refractivity contribution is -0.161. The van der Waals surface area contributed by atoms with E-state index in [0.29, 0.717) is 0 Å². The number of ketones is 1. The average Bonchev–Trinajstić information content (AvgIpc) is 2.40. The Balaban J connectivity index is 4.72. The van der Waals surface area contributed by atoms with E-state index in [4.69, 9.17) is 15.3 Å². The van der Waals surface area contributed by atoms with E-state index in [-0.39, 0.29) is 0 Å². The summed E-state index contributed by atoms with van der Waals surface area (Å²) >= 11 is 0. The molecule has 19 heavy (non-hydrogen) atoms. The van der Waals surface area contributed by atoms with Crippen LogP contribution < -0.4 is 0 Å². The second kappa shape index (κ2) is 7.82. The number of aliphatic hydroxyl groups excluding tert-OH is 8. The van der Waals surface area contributed by atoms with Gasteiger partial charge in [-0.25, -0.2) is 0 Å². The molecule has 0 aromatic heterocycles. The van der Waals surface area contributed by atoms with Crippen molar-refractivity contribution in [1.82, 2.24) is 0 Å². The van der Waals surface area contributed by atoms with Crippen LogP contribution >= 0.6 is 0 Å². The molecular weight excluding hydrogens is 264 g/mol. The molecule has 0 aromatic carbocycles. The van der Waals surface area contributed by atoms with Gasteiger partial charge in [0.2, 0.25) is 0 Å². The maximum atomic E-state index is 11.5. The number of hydrogen-bond acceptors (Lipinski definition) is 9. The predicted octanol–water partition coefficient (Wildman–Crippen LogP) is -4.91. The van der Waals surface area contributed by atoms with Gasteiger partial charge in [-0.1, -0.05) is 0 Å². The van der Waals surface area contributed by atoms with Crippen LogP contribution in [0.4, 0.5) is 0 Å². The quantitative estimate of drug-likeness (QED) is 0.217. The van der Waals surface area contributed by atoms with Gasteiger partial charge in [-0.05, 0) is 6.92 Å². The maximum absolute atomic E-state index is 11.5. The minimum Gasteiger partial charge on any atom is -0.394 e. The lowest BCUT2D eigenvalue weighted by atomic mass is 9.94. The minimum atomic E-state index is -2.28. The summed E-state index contributed by atoms with van der Waals surface area (Å²) in [5.74, 6) is -1.47. The summed E-state index contributed by atoms with van der Waals surface area (Å²) < 4.78 is 0. The summed E-state index contributed by atoms with van der Waals surface area (Å²) in [6.07, 6.45) is -13.8. The van der Waals surface area contributed by atoms with Crippen molar-refractivity contribution >= 4 is 5.78 Å². The van der Waals surface area contributed by atoms with Crippen molar-refractivity contribution in [3.05, 3.63) is 0 Å². The van der Waals surface area contributed by atoms with Gasteiger partial charge in [0, 0.05) is 0 Å². The normalized spacial score (nSPS) is 23.0. The third kappa shape index (κ3) is 4.75. The average molecular weight is 284 g/mol. The zero-order valence-corrected chi connectivity index (χ0v) is 10.2. The van der Waals surface area contributed by atoms with Crippen molar-refractivity contribution in [3.8, 4) is 0 Å². The van der Waals surface area contributed by atoms with Crippen LogP contribution in [0.2, 0.25) is 0 Å². The molecule has 0 unspecified atom stereocenters. The smallest absolute Gasteiger partial charge is 0.195 e. The third-order valence-corrected chi connectivity index (χ3v) is 2.66. The van der Waals surface area contributed by atoms with E-state index in [9.17, 15) is 30.3 Å². The van der Waals surface area contributed by atoms with Crippen LogP contribution in [0.15, 0.2) is 0 Å². The summed E-state index contributed by atoms with van der Waals surface area (Å²) in [4.78, 5) is 11.5. The van der Waals surface area contributed by atoms with Gasteiger partial charge < -0.3 is 40.9 Å². The van der Waals surface area contributed by atoms with Gasteiger partial charge in [0.1, 0.15) is 36.6 Å². The van der Waals surface area contributed by atoms with Crippen LogP contribution in [0, 0.1) is 0 Å². The van der Waals surface area contributed by atoms with E-state index in [1.165, 1.54) is 0 Å². The highest BCUT2D eigenvalue weighted by molar-refractivity contribution is 5.88. The molecule has 0 fully saturated rings. The van der Waals surface area contributed by atoms with Crippen molar-refractivity contribution < 1.29 is 45.6 Å². The zero-order chi connectivity index (χ0) is 15.3. The summed E-state index contributed by atoms with van der Waals surface area (Å²) in [5, 5.41) is 73.1. The molecule has 8 N–H and O–H groups in total. The Bertz CT molecular complexity index is 282. The maximum Gasteiger partial charge on any atom is 0.195 e. The molecule has 0 spiro atoms. The molecule has 0 heterocycles. The zero-order valence-electron chi connectivity index (χ0n) is 10.2. The molecule has 114 valence electrons. The van der Waals surface area contributed by atoms with Crippen LogP contribution in [0.1, 0.15) is 6.92 Å². The van der Waals surface area contributed by atoms with Gasteiger partial charge in [0.15, 0.2) is 5.78 Å². The first-order valence-electron chi connectivity index (χ1n) is 5.56. The van der Waals surface area contributed by atoms with Gasteiger partial charge in [-0.2, -0.15) is 0 Å². The minimum absolute atomic E-state index is 0.930. The van der Waals surface area contributed by atoms with E-state index in [1.807, 2.05) is 0 Å². The Kier molecular flexibility index (Phi) is 7.55. The van der Waals surface area contributed by atoms with Crippen molar-refractivity contribution in [2.75, 3.05) is 6.61 Å². The second-order valence-corrected chi connectivity index (χ2v) is 4.25. The molecular formula is C10H20O9. The van der Waals surface area contributed by atoms with Crippen molar-refractivity contribution in [2.24, 2.45) is 0 Å². The molecule has 0 rings (SSSR count). The molecule has 0 saturated carbocycles. The Morgan fingerprint density at radius 2 is 1.26 bits per heavy atom. The molecule has 0 saturated heterocycles. The van der Waals surface area contributed by atoms with E-state index >= 15 is 0 Å². The molecule has 0 aromatic rings. The Morgan fingerprint density at radius 3 is 1.63 bits per heavy atom. The summed E-state index contributed by atoms with van der Waals surface area (Å²) in [6.45, 7) is 0.173. The molecule has 0 amide bonds. The number of Topliss-reactive ketones (excluding diaryl/α,β-unsaturated/α-hetero) is 1. The first-order chi connectivity index (χ1) is 8.64. The third-order valence-electron chi connectivity index (χ3n) is 2.66. The Labute approximate surface area is 109 Å². The highest BCUT2D eigenvalue weighted by atomic mass is 16.4. The lowest BCUT2D eigenvalue weighted by Gasteiger charge is -2.27. The molecule has 0 aliphatic heterocycles. The van der Waals surface area contributed by atoms with Crippen molar-refractivity contribution in [1.29, 1.82) is 0 Å². The summed E-state index contributed by atoms with van der Waals surface area (Å²) in [7, 11) is 0. The molecule has 7 atom stereocenters. The van der Waals surface area contributed by atoms with Gasteiger partial charge in [0.05, 0.1) is 12.7 Å². The fraction of sp³-hybridized carbons (Fsp3) is 0.900. The second-order valence-electron chi connectivity index (χ2n) is 4.25. The first kappa shape index (κ1) is 18.4. The summed E-state index contributed by atoms with van der Waals surface area (Å²) in [6, 6.07) is 0. The van der Waals surface area contributed by atoms with E-state index in [0.717, 1.165) is 6.92 Å². The van der Waals surface area contributed by atoms with Crippen LogP contribution in [-0.2, 0) is 4.79 Å². The standard InChI is InChI=1S/C10H20O9/c1-3(12)5(14)7(16)9(18)10(19)8(17)6(15)4(13)2-11/h3-9,11-18H,2H2,1H3/t3-,4+,5-,6-,7+,8-,9-/m1/s1. The van der Waals surface area contributed by atoms with Gasteiger partial charge in [-0.3, -0.25) is 4.79 Å². The first-order valence-corrected chi connectivity index (χ1v) is 5.56. The number of hydrogen-bond donors (Lipinski definition) is 8. The van der Waals surface area contributed by atoms with Crippen LogP contribution in [0.25, 0.3) is 0 Å².